The summed E-state index contributed by atoms with van der Waals surface area (Å²) in [5, 5.41) is 10.7. The Kier molecular flexibility index (Phi) is 5.63. The fraction of sp³-hybridized carbons (Fsp3) is 0.400. The summed E-state index contributed by atoms with van der Waals surface area (Å²) in [6.07, 6.45) is 0.611. The van der Waals surface area contributed by atoms with Crippen LogP contribution in [0.1, 0.15) is 12.8 Å². The molecule has 20 heavy (non-hydrogen) atoms. The van der Waals surface area contributed by atoms with E-state index in [4.69, 9.17) is 11.6 Å². The van der Waals surface area contributed by atoms with Crippen molar-refractivity contribution < 1.29 is 22.1 Å². The van der Waals surface area contributed by atoms with Gasteiger partial charge in [-0.05, 0) is 18.9 Å². The quantitative estimate of drug-likeness (QED) is 0.360. The molecule has 1 aromatic carbocycles. The summed E-state index contributed by atoms with van der Waals surface area (Å²) in [5.74, 6) is -3.13. The number of nitrogens with one attached hydrogen (secondary N) is 1. The Labute approximate surface area is 118 Å². The number of nitro groups is 1. The van der Waals surface area contributed by atoms with Crippen LogP contribution in [0.2, 0.25) is 0 Å². The second-order valence-electron chi connectivity index (χ2n) is 3.83. The monoisotopic (exact) mass is 328 g/mol. The van der Waals surface area contributed by atoms with Gasteiger partial charge in [0.15, 0.2) is 17.3 Å². The number of hydrogen-bond acceptors (Lipinski definition) is 4. The Morgan fingerprint density at radius 2 is 1.95 bits per heavy atom. The highest BCUT2D eigenvalue weighted by atomic mass is 35.5. The van der Waals surface area contributed by atoms with Crippen molar-refractivity contribution in [2.24, 2.45) is 0 Å². The first-order chi connectivity index (χ1) is 9.28. The minimum atomic E-state index is -4.02. The van der Waals surface area contributed by atoms with Crippen LogP contribution in [0.15, 0.2) is 12.1 Å². The van der Waals surface area contributed by atoms with Crippen LogP contribution < -0.4 is 4.72 Å². The molecule has 0 saturated heterocycles. The number of rotatable bonds is 7. The van der Waals surface area contributed by atoms with Gasteiger partial charge in [-0.15, -0.1) is 11.6 Å². The van der Waals surface area contributed by atoms with Gasteiger partial charge in [-0.1, -0.05) is 0 Å². The van der Waals surface area contributed by atoms with Crippen molar-refractivity contribution in [2.75, 3.05) is 16.4 Å². The first-order valence-corrected chi connectivity index (χ1v) is 7.66. The van der Waals surface area contributed by atoms with E-state index in [9.17, 15) is 27.3 Å². The minimum Gasteiger partial charge on any atom is -0.274 e. The van der Waals surface area contributed by atoms with Crippen molar-refractivity contribution >= 4 is 33.0 Å². The second kappa shape index (κ2) is 6.80. The highest BCUT2D eigenvalue weighted by Crippen LogP contribution is 2.30. The summed E-state index contributed by atoms with van der Waals surface area (Å²) in [7, 11) is -4.02. The maximum Gasteiger partial charge on any atom is 0.296 e. The van der Waals surface area contributed by atoms with E-state index in [0.29, 0.717) is 18.6 Å². The standard InChI is InChI=1S/C10H11ClF2N2O4S/c11-5-1-2-6-20(18,19)14-10-8(15(16)17)4-3-7(12)9(10)13/h3-4,14H,1-2,5-6H2. The number of hydrogen-bond donors (Lipinski definition) is 1. The molecule has 0 spiro atoms. The third kappa shape index (κ3) is 4.27. The molecule has 1 N–H and O–H groups in total. The Bertz CT molecular complexity index is 610. The normalized spacial score (nSPS) is 11.3. The molecule has 0 amide bonds. The molecule has 1 aromatic rings. The molecule has 0 atom stereocenters. The lowest BCUT2D eigenvalue weighted by Gasteiger charge is -2.09. The third-order valence-electron chi connectivity index (χ3n) is 2.32. The first-order valence-electron chi connectivity index (χ1n) is 5.47. The Balaban J connectivity index is 3.07. The topological polar surface area (TPSA) is 89.3 Å². The van der Waals surface area contributed by atoms with Crippen LogP contribution in [-0.4, -0.2) is 25.0 Å². The van der Waals surface area contributed by atoms with Crippen LogP contribution in [0.5, 0.6) is 0 Å². The van der Waals surface area contributed by atoms with Crippen molar-refractivity contribution in [3.63, 3.8) is 0 Å². The molecule has 0 radical (unpaired) electrons. The van der Waals surface area contributed by atoms with E-state index in [2.05, 4.69) is 0 Å². The molecule has 0 aromatic heterocycles. The average molecular weight is 329 g/mol. The first kappa shape index (κ1) is 16.6. The lowest BCUT2D eigenvalue weighted by atomic mass is 10.2. The van der Waals surface area contributed by atoms with Crippen LogP contribution in [0.3, 0.4) is 0 Å². The van der Waals surface area contributed by atoms with Crippen molar-refractivity contribution in [1.82, 2.24) is 0 Å². The molecule has 0 bridgehead atoms. The van der Waals surface area contributed by atoms with Gasteiger partial charge in [0, 0.05) is 11.9 Å². The number of anilines is 1. The van der Waals surface area contributed by atoms with E-state index in [1.807, 2.05) is 0 Å². The summed E-state index contributed by atoms with van der Waals surface area (Å²) >= 11 is 5.39. The number of benzene rings is 1. The Morgan fingerprint density at radius 3 is 2.50 bits per heavy atom. The van der Waals surface area contributed by atoms with E-state index < -0.39 is 43.7 Å². The van der Waals surface area contributed by atoms with Crippen molar-refractivity contribution in [3.8, 4) is 0 Å². The summed E-state index contributed by atoms with van der Waals surface area (Å²) in [4.78, 5) is 9.69. The summed E-state index contributed by atoms with van der Waals surface area (Å²) in [5.41, 5.74) is -1.86. The zero-order valence-electron chi connectivity index (χ0n) is 10.1. The van der Waals surface area contributed by atoms with E-state index in [0.717, 1.165) is 0 Å². The molecule has 0 fully saturated rings. The van der Waals surface area contributed by atoms with Crippen molar-refractivity contribution in [3.05, 3.63) is 33.9 Å². The predicted molar refractivity (Wildman–Crippen MR) is 70.4 cm³/mol. The summed E-state index contributed by atoms with van der Waals surface area (Å²) in [6.45, 7) is 0. The number of halogens is 3. The number of nitrogens with zero attached hydrogens (tertiary/aromatic N) is 1. The molecule has 0 heterocycles. The highest BCUT2D eigenvalue weighted by molar-refractivity contribution is 7.92. The number of sulfonamides is 1. The van der Waals surface area contributed by atoms with Crippen LogP contribution in [0.25, 0.3) is 0 Å². The highest BCUT2D eigenvalue weighted by Gasteiger charge is 2.25. The lowest BCUT2D eigenvalue weighted by molar-refractivity contribution is -0.384. The van der Waals surface area contributed by atoms with E-state index >= 15 is 0 Å². The van der Waals surface area contributed by atoms with Gasteiger partial charge in [0.1, 0.15) is 0 Å². The summed E-state index contributed by atoms with van der Waals surface area (Å²) in [6, 6.07) is 1.24. The predicted octanol–water partition coefficient (Wildman–Crippen LogP) is 2.63. The van der Waals surface area contributed by atoms with E-state index in [1.54, 1.807) is 4.72 Å². The SMILES string of the molecule is O=[N+]([O-])c1ccc(F)c(F)c1NS(=O)(=O)CCCCCl. The number of nitro benzene ring substituents is 1. The largest absolute Gasteiger partial charge is 0.296 e. The zero-order chi connectivity index (χ0) is 15.3. The van der Waals surface area contributed by atoms with Gasteiger partial charge in [-0.2, -0.15) is 0 Å². The van der Waals surface area contributed by atoms with Gasteiger partial charge in [0.2, 0.25) is 10.0 Å². The maximum atomic E-state index is 13.5. The van der Waals surface area contributed by atoms with Gasteiger partial charge in [0.25, 0.3) is 5.69 Å². The van der Waals surface area contributed by atoms with Crippen molar-refractivity contribution in [2.45, 2.75) is 12.8 Å². The van der Waals surface area contributed by atoms with Crippen LogP contribution >= 0.6 is 11.6 Å². The van der Waals surface area contributed by atoms with Gasteiger partial charge < -0.3 is 0 Å². The molecule has 0 saturated carbocycles. The molecular weight excluding hydrogens is 318 g/mol. The molecule has 1 rings (SSSR count). The molecule has 112 valence electrons. The molecule has 6 nitrogen and oxygen atoms in total. The molecule has 10 heteroatoms. The van der Waals surface area contributed by atoms with Crippen LogP contribution in [0, 0.1) is 21.7 Å². The van der Waals surface area contributed by atoms with E-state index in [1.165, 1.54) is 0 Å². The maximum absolute atomic E-state index is 13.5. The number of unbranched alkanes of at least 4 members (excludes halogenated alkanes) is 1. The van der Waals surface area contributed by atoms with E-state index in [-0.39, 0.29) is 12.3 Å². The average Bonchev–Trinajstić information content (AvgIpc) is 2.34. The van der Waals surface area contributed by atoms with Gasteiger partial charge in [-0.25, -0.2) is 17.2 Å². The fourth-order valence-electron chi connectivity index (χ4n) is 1.38. The third-order valence-corrected chi connectivity index (χ3v) is 3.93. The van der Waals surface area contributed by atoms with Gasteiger partial charge in [-0.3, -0.25) is 14.8 Å². The zero-order valence-corrected chi connectivity index (χ0v) is 11.7. The molecule has 0 unspecified atom stereocenters. The van der Waals surface area contributed by atoms with Gasteiger partial charge in [0.05, 0.1) is 10.7 Å². The molecule has 0 aliphatic rings. The lowest BCUT2D eigenvalue weighted by Crippen LogP contribution is -2.19. The summed E-state index contributed by atoms with van der Waals surface area (Å²) < 4.78 is 51.6. The minimum absolute atomic E-state index is 0.198. The molecular formula is C10H11ClF2N2O4S. The van der Waals surface area contributed by atoms with Crippen LogP contribution in [0.4, 0.5) is 20.2 Å². The fourth-order valence-corrected chi connectivity index (χ4v) is 2.76. The Hall–Kier alpha value is -1.48. The van der Waals surface area contributed by atoms with Crippen molar-refractivity contribution in [1.29, 1.82) is 0 Å². The Morgan fingerprint density at radius 1 is 1.30 bits per heavy atom. The second-order valence-corrected chi connectivity index (χ2v) is 6.05. The molecule has 0 aliphatic heterocycles. The van der Waals surface area contributed by atoms with Crippen LogP contribution in [-0.2, 0) is 10.0 Å². The smallest absolute Gasteiger partial charge is 0.274 e. The van der Waals surface area contributed by atoms with Gasteiger partial charge >= 0.3 is 0 Å². The number of alkyl halides is 1. The molecule has 0 aliphatic carbocycles.